The first kappa shape index (κ1) is 13.5. The molecule has 0 radical (unpaired) electrons. The van der Waals surface area contributed by atoms with E-state index in [0.717, 1.165) is 10.4 Å². The molecule has 1 aromatic heterocycles. The van der Waals surface area contributed by atoms with Crippen molar-refractivity contribution >= 4 is 34.5 Å². The summed E-state index contributed by atoms with van der Waals surface area (Å²) in [6.07, 6.45) is 0. The van der Waals surface area contributed by atoms with E-state index < -0.39 is 6.04 Å². The summed E-state index contributed by atoms with van der Waals surface area (Å²) in [5, 5.41) is 5.94. The molecule has 1 aliphatic rings. The molecule has 2 unspecified atom stereocenters. The van der Waals surface area contributed by atoms with E-state index in [9.17, 15) is 9.18 Å². The van der Waals surface area contributed by atoms with Gasteiger partial charge in [0, 0.05) is 22.2 Å². The third kappa shape index (κ3) is 2.44. The molecule has 20 heavy (non-hydrogen) atoms. The smallest absolute Gasteiger partial charge is 0.246 e. The molecule has 2 heterocycles. The highest BCUT2D eigenvalue weighted by Crippen LogP contribution is 2.34. The topological polar surface area (TPSA) is 41.1 Å². The van der Waals surface area contributed by atoms with E-state index in [0.29, 0.717) is 10.0 Å². The average Bonchev–Trinajstić information content (AvgIpc) is 2.94. The molecule has 0 fully saturated rings. The summed E-state index contributed by atoms with van der Waals surface area (Å²) in [6, 6.07) is 7.61. The number of rotatable bonds is 3. The van der Waals surface area contributed by atoms with E-state index in [1.165, 1.54) is 23.5 Å². The lowest BCUT2D eigenvalue weighted by Gasteiger charge is -2.17. The van der Waals surface area contributed by atoms with Crippen LogP contribution in [0.2, 0.25) is 4.34 Å². The third-order valence-corrected chi connectivity index (χ3v) is 4.70. The van der Waals surface area contributed by atoms with Crippen molar-refractivity contribution in [2.45, 2.75) is 19.0 Å². The SMILES string of the molecule is CC(NC1C(=O)Nc2cc(F)ccc21)c1ccc(Cl)s1. The van der Waals surface area contributed by atoms with Crippen LogP contribution in [0.4, 0.5) is 10.1 Å². The van der Waals surface area contributed by atoms with Gasteiger partial charge >= 0.3 is 0 Å². The Morgan fingerprint density at radius 1 is 1.40 bits per heavy atom. The van der Waals surface area contributed by atoms with Gasteiger partial charge in [-0.25, -0.2) is 4.39 Å². The molecule has 1 aliphatic heterocycles. The number of benzene rings is 1. The second-order valence-electron chi connectivity index (χ2n) is 4.68. The molecule has 2 N–H and O–H groups in total. The van der Waals surface area contributed by atoms with E-state index in [1.54, 1.807) is 6.07 Å². The Hall–Kier alpha value is -1.43. The molecule has 2 atom stereocenters. The lowest BCUT2D eigenvalue weighted by molar-refractivity contribution is -0.117. The minimum atomic E-state index is -0.471. The predicted molar refractivity (Wildman–Crippen MR) is 78.7 cm³/mol. The van der Waals surface area contributed by atoms with Crippen molar-refractivity contribution in [2.24, 2.45) is 0 Å². The van der Waals surface area contributed by atoms with Crippen molar-refractivity contribution in [3.8, 4) is 0 Å². The fourth-order valence-corrected chi connectivity index (χ4v) is 3.37. The number of carbonyl (C=O) groups excluding carboxylic acids is 1. The molecule has 1 aromatic carbocycles. The minimum absolute atomic E-state index is 0.0146. The minimum Gasteiger partial charge on any atom is -0.324 e. The van der Waals surface area contributed by atoms with Gasteiger partial charge in [-0.2, -0.15) is 0 Å². The van der Waals surface area contributed by atoms with Crippen LogP contribution in [0.15, 0.2) is 30.3 Å². The van der Waals surface area contributed by atoms with Crippen LogP contribution in [0, 0.1) is 5.82 Å². The molecular formula is C14H12ClFN2OS. The highest BCUT2D eigenvalue weighted by atomic mass is 35.5. The Labute approximate surface area is 124 Å². The van der Waals surface area contributed by atoms with Gasteiger partial charge in [0.2, 0.25) is 5.91 Å². The summed E-state index contributed by atoms with van der Waals surface area (Å²) in [7, 11) is 0. The Balaban J connectivity index is 1.83. The molecule has 0 aliphatic carbocycles. The van der Waals surface area contributed by atoms with Gasteiger partial charge in [0.15, 0.2) is 0 Å². The first-order valence-electron chi connectivity index (χ1n) is 6.16. The van der Waals surface area contributed by atoms with Crippen LogP contribution in [0.3, 0.4) is 0 Å². The Morgan fingerprint density at radius 3 is 2.90 bits per heavy atom. The summed E-state index contributed by atoms with van der Waals surface area (Å²) in [5.74, 6) is -0.525. The van der Waals surface area contributed by atoms with E-state index >= 15 is 0 Å². The van der Waals surface area contributed by atoms with Crippen molar-refractivity contribution in [2.75, 3.05) is 5.32 Å². The normalized spacial score (nSPS) is 18.8. The van der Waals surface area contributed by atoms with Gasteiger partial charge in [0.25, 0.3) is 0 Å². The molecule has 0 saturated heterocycles. The average molecular weight is 311 g/mol. The van der Waals surface area contributed by atoms with Crippen LogP contribution in [0.25, 0.3) is 0 Å². The molecule has 2 aromatic rings. The number of carbonyl (C=O) groups is 1. The van der Waals surface area contributed by atoms with Gasteiger partial charge < -0.3 is 5.32 Å². The number of amides is 1. The van der Waals surface area contributed by atoms with E-state index in [1.807, 2.05) is 19.1 Å². The van der Waals surface area contributed by atoms with Gasteiger partial charge in [-0.05, 0) is 31.2 Å². The van der Waals surface area contributed by atoms with Crippen LogP contribution in [-0.2, 0) is 4.79 Å². The number of fused-ring (bicyclic) bond motifs is 1. The summed E-state index contributed by atoms with van der Waals surface area (Å²) in [5.41, 5.74) is 1.30. The number of halogens is 2. The molecule has 3 rings (SSSR count). The van der Waals surface area contributed by atoms with Crippen LogP contribution < -0.4 is 10.6 Å². The van der Waals surface area contributed by atoms with Crippen molar-refractivity contribution < 1.29 is 9.18 Å². The lowest BCUT2D eigenvalue weighted by atomic mass is 10.1. The van der Waals surface area contributed by atoms with Crippen LogP contribution >= 0.6 is 22.9 Å². The van der Waals surface area contributed by atoms with Crippen molar-refractivity contribution in [1.29, 1.82) is 0 Å². The van der Waals surface area contributed by atoms with Gasteiger partial charge in [0.05, 0.1) is 4.34 Å². The molecule has 104 valence electrons. The number of nitrogens with one attached hydrogen (secondary N) is 2. The zero-order chi connectivity index (χ0) is 14.3. The highest BCUT2D eigenvalue weighted by Gasteiger charge is 2.31. The first-order chi connectivity index (χ1) is 9.54. The largest absolute Gasteiger partial charge is 0.324 e. The second kappa shape index (κ2) is 5.16. The van der Waals surface area contributed by atoms with E-state index in [2.05, 4.69) is 10.6 Å². The fraction of sp³-hybridized carbons (Fsp3) is 0.214. The summed E-state index contributed by atoms with van der Waals surface area (Å²) in [6.45, 7) is 1.97. The summed E-state index contributed by atoms with van der Waals surface area (Å²) >= 11 is 7.39. The van der Waals surface area contributed by atoms with Crippen molar-refractivity contribution in [3.05, 3.63) is 50.9 Å². The Bertz CT molecular complexity index is 673. The predicted octanol–water partition coefficient (Wildman–Crippen LogP) is 3.88. The van der Waals surface area contributed by atoms with Crippen LogP contribution in [-0.4, -0.2) is 5.91 Å². The van der Waals surface area contributed by atoms with E-state index in [-0.39, 0.29) is 17.8 Å². The molecule has 6 heteroatoms. The van der Waals surface area contributed by atoms with E-state index in [4.69, 9.17) is 11.6 Å². The Kier molecular flexibility index (Phi) is 3.50. The standard InChI is InChI=1S/C14H12ClFN2OS/c1-7(11-4-5-12(15)20-11)17-13-9-3-2-8(16)6-10(9)18-14(13)19/h2-7,13,17H,1H3,(H,18,19). The maximum absolute atomic E-state index is 13.2. The van der Waals surface area contributed by atoms with Gasteiger partial charge in [-0.15, -0.1) is 11.3 Å². The number of hydrogen-bond donors (Lipinski definition) is 2. The zero-order valence-corrected chi connectivity index (χ0v) is 12.2. The van der Waals surface area contributed by atoms with Crippen LogP contribution in [0.1, 0.15) is 29.4 Å². The number of hydrogen-bond acceptors (Lipinski definition) is 3. The molecule has 0 bridgehead atoms. The first-order valence-corrected chi connectivity index (χ1v) is 7.35. The van der Waals surface area contributed by atoms with Crippen molar-refractivity contribution in [1.82, 2.24) is 5.32 Å². The maximum atomic E-state index is 13.2. The Morgan fingerprint density at radius 2 is 2.20 bits per heavy atom. The summed E-state index contributed by atoms with van der Waals surface area (Å²) < 4.78 is 13.9. The lowest BCUT2D eigenvalue weighted by Crippen LogP contribution is -2.29. The zero-order valence-electron chi connectivity index (χ0n) is 10.6. The third-order valence-electron chi connectivity index (χ3n) is 3.28. The number of thiophene rings is 1. The molecule has 3 nitrogen and oxygen atoms in total. The van der Waals surface area contributed by atoms with Gasteiger partial charge in [-0.1, -0.05) is 17.7 Å². The monoisotopic (exact) mass is 310 g/mol. The second-order valence-corrected chi connectivity index (χ2v) is 6.43. The quantitative estimate of drug-likeness (QED) is 0.903. The highest BCUT2D eigenvalue weighted by molar-refractivity contribution is 7.16. The number of anilines is 1. The fourth-order valence-electron chi connectivity index (χ4n) is 2.29. The molecule has 1 amide bonds. The molecule has 0 saturated carbocycles. The molecule has 0 spiro atoms. The van der Waals surface area contributed by atoms with Gasteiger partial charge in [0.1, 0.15) is 11.9 Å². The van der Waals surface area contributed by atoms with Crippen molar-refractivity contribution in [3.63, 3.8) is 0 Å². The van der Waals surface area contributed by atoms with Crippen LogP contribution in [0.5, 0.6) is 0 Å². The maximum Gasteiger partial charge on any atom is 0.246 e. The molecular weight excluding hydrogens is 299 g/mol. The van der Waals surface area contributed by atoms with Gasteiger partial charge in [-0.3, -0.25) is 10.1 Å². The summed E-state index contributed by atoms with van der Waals surface area (Å²) in [4.78, 5) is 13.0.